The Labute approximate surface area is 209 Å². The molecule has 1 fully saturated rings. The van der Waals surface area contributed by atoms with Gasteiger partial charge >= 0.3 is 6.18 Å². The second-order valence-corrected chi connectivity index (χ2v) is 9.78. The topological polar surface area (TPSA) is 64.4 Å². The van der Waals surface area contributed by atoms with Gasteiger partial charge in [-0.25, -0.2) is 4.39 Å². The van der Waals surface area contributed by atoms with Gasteiger partial charge in [0, 0.05) is 24.7 Å². The van der Waals surface area contributed by atoms with Gasteiger partial charge in [-0.2, -0.15) is 23.0 Å². The van der Waals surface area contributed by atoms with E-state index in [-0.39, 0.29) is 53.3 Å². The second kappa shape index (κ2) is 8.97. The Kier molecular flexibility index (Phi) is 6.21. The van der Waals surface area contributed by atoms with Gasteiger partial charge in [-0.05, 0) is 55.0 Å². The molecule has 5 rings (SSSR count). The number of hydrogen-bond acceptors (Lipinski definition) is 4. The predicted molar refractivity (Wildman–Crippen MR) is 125 cm³/mol. The number of rotatable bonds is 5. The third kappa shape index (κ3) is 4.03. The number of ether oxygens (including phenoxy) is 1. The van der Waals surface area contributed by atoms with Crippen LogP contribution in [0.1, 0.15) is 52.0 Å². The monoisotopic (exact) mass is 522 g/mol. The standard InChI is InChI=1S/C26H23ClF4N2O3/c1-36-13-14-5-7-16(20(28)11-14)23-17-8-6-15(34)12-21(17)33(32-23)24(35)22-18(3-2-4-19(22)27)25(9-10-25)26(29,30)31/h2-5,7,11,15,34H,6,8-10,12-13H2,1H3. The van der Waals surface area contributed by atoms with Gasteiger partial charge in [-0.15, -0.1) is 0 Å². The number of aromatic nitrogens is 2. The molecule has 0 saturated heterocycles. The summed E-state index contributed by atoms with van der Waals surface area (Å²) in [6, 6.07) is 8.57. The largest absolute Gasteiger partial charge is 0.398 e. The molecule has 2 aromatic carbocycles. The highest BCUT2D eigenvalue weighted by molar-refractivity contribution is 6.34. The fraction of sp³-hybridized carbons (Fsp3) is 0.385. The lowest BCUT2D eigenvalue weighted by atomic mass is 9.89. The first-order valence-corrected chi connectivity index (χ1v) is 11.9. The molecular weight excluding hydrogens is 500 g/mol. The normalized spacial score (nSPS) is 18.7. The van der Waals surface area contributed by atoms with Crippen molar-refractivity contribution in [2.24, 2.45) is 0 Å². The number of aliphatic hydroxyl groups is 1. The van der Waals surface area contributed by atoms with Crippen molar-refractivity contribution in [3.05, 3.63) is 75.2 Å². The van der Waals surface area contributed by atoms with Gasteiger partial charge in [-0.3, -0.25) is 4.79 Å². The number of carbonyl (C=O) groups excluding carboxylic acids is 1. The molecule has 190 valence electrons. The summed E-state index contributed by atoms with van der Waals surface area (Å²) < 4.78 is 63.1. The quantitative estimate of drug-likeness (QED) is 0.442. The molecule has 0 aliphatic heterocycles. The first-order chi connectivity index (χ1) is 17.1. The zero-order valence-electron chi connectivity index (χ0n) is 19.3. The summed E-state index contributed by atoms with van der Waals surface area (Å²) >= 11 is 6.32. The van der Waals surface area contributed by atoms with Crippen molar-refractivity contribution in [2.45, 2.75) is 56.4 Å². The second-order valence-electron chi connectivity index (χ2n) is 9.38. The van der Waals surface area contributed by atoms with E-state index < -0.39 is 29.4 Å². The Hall–Kier alpha value is -2.75. The van der Waals surface area contributed by atoms with Crippen LogP contribution in [0, 0.1) is 5.82 Å². The molecule has 1 heterocycles. The zero-order chi connectivity index (χ0) is 25.8. The fourth-order valence-electron chi connectivity index (χ4n) is 5.06. The lowest BCUT2D eigenvalue weighted by Crippen LogP contribution is -2.32. The van der Waals surface area contributed by atoms with Gasteiger partial charge in [-0.1, -0.05) is 29.8 Å². The van der Waals surface area contributed by atoms with E-state index in [1.165, 1.54) is 37.4 Å². The summed E-state index contributed by atoms with van der Waals surface area (Å²) in [5.41, 5.74) is -0.691. The molecule has 0 bridgehead atoms. The summed E-state index contributed by atoms with van der Waals surface area (Å²) in [6.45, 7) is 0.213. The minimum atomic E-state index is -4.55. The van der Waals surface area contributed by atoms with Crippen LogP contribution in [0.2, 0.25) is 5.02 Å². The van der Waals surface area contributed by atoms with Crippen LogP contribution in [0.25, 0.3) is 11.3 Å². The third-order valence-electron chi connectivity index (χ3n) is 7.07. The molecule has 3 aromatic rings. The Morgan fingerprint density at radius 3 is 2.67 bits per heavy atom. The Morgan fingerprint density at radius 2 is 2.03 bits per heavy atom. The van der Waals surface area contributed by atoms with Crippen LogP contribution in [-0.2, 0) is 29.6 Å². The average Bonchev–Trinajstić information content (AvgIpc) is 3.56. The van der Waals surface area contributed by atoms with Crippen molar-refractivity contribution in [3.63, 3.8) is 0 Å². The van der Waals surface area contributed by atoms with Gasteiger partial charge < -0.3 is 9.84 Å². The number of alkyl halides is 3. The molecule has 1 saturated carbocycles. The fourth-order valence-corrected chi connectivity index (χ4v) is 5.32. The highest BCUT2D eigenvalue weighted by Gasteiger charge is 2.65. The maximum atomic E-state index is 15.1. The predicted octanol–water partition coefficient (Wildman–Crippen LogP) is 5.62. The van der Waals surface area contributed by atoms with Crippen molar-refractivity contribution in [2.75, 3.05) is 7.11 Å². The van der Waals surface area contributed by atoms with Crippen molar-refractivity contribution in [1.82, 2.24) is 9.78 Å². The number of aliphatic hydroxyl groups excluding tert-OH is 1. The van der Waals surface area contributed by atoms with E-state index in [1.54, 1.807) is 6.07 Å². The molecule has 1 N–H and O–H groups in total. The number of benzene rings is 2. The maximum absolute atomic E-state index is 15.1. The molecule has 1 atom stereocenters. The van der Waals surface area contributed by atoms with E-state index in [9.17, 15) is 23.1 Å². The summed E-state index contributed by atoms with van der Waals surface area (Å²) in [5.74, 6) is -1.40. The van der Waals surface area contributed by atoms with E-state index in [2.05, 4.69) is 5.10 Å². The van der Waals surface area contributed by atoms with Crippen LogP contribution in [0.5, 0.6) is 0 Å². The van der Waals surface area contributed by atoms with Crippen molar-refractivity contribution in [3.8, 4) is 11.3 Å². The first kappa shape index (κ1) is 24.9. The first-order valence-electron chi connectivity index (χ1n) is 11.5. The lowest BCUT2D eigenvalue weighted by molar-refractivity contribution is -0.160. The van der Waals surface area contributed by atoms with Crippen LogP contribution in [0.4, 0.5) is 17.6 Å². The van der Waals surface area contributed by atoms with Crippen LogP contribution >= 0.6 is 11.6 Å². The van der Waals surface area contributed by atoms with Crippen LogP contribution in [0.3, 0.4) is 0 Å². The molecule has 2 aliphatic carbocycles. The summed E-state index contributed by atoms with van der Waals surface area (Å²) in [5, 5.41) is 14.6. The van der Waals surface area contributed by atoms with Gasteiger partial charge in [0.2, 0.25) is 0 Å². The molecule has 10 heteroatoms. The molecule has 2 aliphatic rings. The molecular formula is C26H23ClF4N2O3. The molecule has 5 nitrogen and oxygen atoms in total. The van der Waals surface area contributed by atoms with Crippen LogP contribution in [0.15, 0.2) is 36.4 Å². The highest BCUT2D eigenvalue weighted by Crippen LogP contribution is 2.60. The number of nitrogens with zero attached hydrogens (tertiary/aromatic N) is 2. The number of carbonyl (C=O) groups is 1. The smallest absolute Gasteiger partial charge is 0.393 e. The summed E-state index contributed by atoms with van der Waals surface area (Å²) in [6.07, 6.45) is -4.82. The summed E-state index contributed by atoms with van der Waals surface area (Å²) in [7, 11) is 1.49. The maximum Gasteiger partial charge on any atom is 0.398 e. The molecule has 0 amide bonds. The summed E-state index contributed by atoms with van der Waals surface area (Å²) in [4.78, 5) is 13.8. The minimum absolute atomic E-state index is 0.0572. The van der Waals surface area contributed by atoms with E-state index in [0.29, 0.717) is 29.7 Å². The van der Waals surface area contributed by atoms with E-state index >= 15 is 4.39 Å². The van der Waals surface area contributed by atoms with E-state index in [1.807, 2.05) is 0 Å². The minimum Gasteiger partial charge on any atom is -0.393 e. The van der Waals surface area contributed by atoms with E-state index in [0.717, 1.165) is 4.68 Å². The molecule has 36 heavy (non-hydrogen) atoms. The average molecular weight is 523 g/mol. The van der Waals surface area contributed by atoms with Gasteiger partial charge in [0.15, 0.2) is 0 Å². The molecule has 0 spiro atoms. The third-order valence-corrected chi connectivity index (χ3v) is 7.39. The van der Waals surface area contributed by atoms with Gasteiger partial charge in [0.05, 0.1) is 40.1 Å². The van der Waals surface area contributed by atoms with Gasteiger partial charge in [0.1, 0.15) is 5.82 Å². The zero-order valence-corrected chi connectivity index (χ0v) is 20.1. The van der Waals surface area contributed by atoms with Gasteiger partial charge in [0.25, 0.3) is 5.91 Å². The Morgan fingerprint density at radius 1 is 1.28 bits per heavy atom. The van der Waals surface area contributed by atoms with Crippen molar-refractivity contribution >= 4 is 17.5 Å². The van der Waals surface area contributed by atoms with Crippen molar-refractivity contribution < 1.29 is 32.2 Å². The molecule has 1 unspecified atom stereocenters. The van der Waals surface area contributed by atoms with E-state index in [4.69, 9.17) is 16.3 Å². The number of halogens is 5. The van der Waals surface area contributed by atoms with Crippen LogP contribution in [-0.4, -0.2) is 40.2 Å². The number of hydrogen-bond donors (Lipinski definition) is 1. The molecule has 1 aromatic heterocycles. The van der Waals surface area contributed by atoms with Crippen LogP contribution < -0.4 is 0 Å². The SMILES string of the molecule is COCc1ccc(-c2nn(C(=O)c3c(Cl)cccc3C3(C(F)(F)F)CC3)c3c2CCC(O)C3)c(F)c1. The number of methoxy groups -OCH3 is 1. The molecule has 0 radical (unpaired) electrons. The lowest BCUT2D eigenvalue weighted by Gasteiger charge is -2.23. The highest BCUT2D eigenvalue weighted by atomic mass is 35.5. The Balaban J connectivity index is 1.66. The van der Waals surface area contributed by atoms with Crippen molar-refractivity contribution in [1.29, 1.82) is 0 Å². The Bertz CT molecular complexity index is 1350. The number of fused-ring (bicyclic) bond motifs is 1.